The third-order valence-corrected chi connectivity index (χ3v) is 13.9. The number of rotatable bonds is 52. The Labute approximate surface area is 410 Å². The maximum absolute atomic E-state index is 13.0. The molecule has 0 aromatic carbocycles. The van der Waals surface area contributed by atoms with E-state index in [1.807, 2.05) is 21.1 Å². The van der Waals surface area contributed by atoms with Crippen molar-refractivity contribution in [2.24, 2.45) is 0 Å². The van der Waals surface area contributed by atoms with Crippen LogP contribution in [0, 0.1) is 0 Å². The highest BCUT2D eigenvalue weighted by atomic mass is 31.2. The summed E-state index contributed by atoms with van der Waals surface area (Å²) < 4.78 is 23.8. The van der Waals surface area contributed by atoms with Gasteiger partial charge in [-0.15, -0.1) is 0 Å². The van der Waals surface area contributed by atoms with Crippen molar-refractivity contribution in [2.75, 3.05) is 40.9 Å². The lowest BCUT2D eigenvalue weighted by molar-refractivity contribution is -0.870. The normalized spacial score (nSPS) is 14.2. The standard InChI is InChI=1S/C57H111N2O6P/c1-6-8-10-12-14-16-18-20-22-24-26-28-29-31-33-35-37-39-41-43-45-47-49-51-57(61)58-55(54-65-66(62,63)64-53-52-59(3,4)5)56(60)50-48-46-44-42-40-38-36-34-32-30-27-25-23-21-19-17-15-13-11-9-7-2/h18,20,24,26,29,31,55-56,60H,6-17,19,21-23,25,27-28,30,32-54H2,1-5H3,(H-,58,61,62,63)/p+1/b20-18-,26-24-,31-29-. The molecule has 3 atom stereocenters. The molecule has 8 nitrogen and oxygen atoms in total. The Morgan fingerprint density at radius 2 is 0.864 bits per heavy atom. The van der Waals surface area contributed by atoms with Crippen molar-refractivity contribution in [1.29, 1.82) is 0 Å². The summed E-state index contributed by atoms with van der Waals surface area (Å²) in [4.78, 5) is 23.3. The van der Waals surface area contributed by atoms with E-state index >= 15 is 0 Å². The number of allylic oxidation sites excluding steroid dienone is 6. The first-order chi connectivity index (χ1) is 32.0. The van der Waals surface area contributed by atoms with Gasteiger partial charge in [0, 0.05) is 6.42 Å². The number of nitrogens with zero attached hydrogens (tertiary/aromatic N) is 1. The SMILES string of the molecule is CCCCCCC/C=C\C/C=C\C/C=C\CCCCCCCCCCC(=O)NC(COP(=O)(O)OCC[N+](C)(C)C)C(O)CCCCCCCCCCCCCCCCCCCCCCC. The number of nitrogens with one attached hydrogen (secondary N) is 1. The number of aliphatic hydroxyl groups is 1. The van der Waals surface area contributed by atoms with Crippen LogP contribution < -0.4 is 5.32 Å². The maximum atomic E-state index is 13.0. The molecule has 66 heavy (non-hydrogen) atoms. The summed E-state index contributed by atoms with van der Waals surface area (Å²) in [5.74, 6) is -0.149. The molecule has 0 aliphatic carbocycles. The number of hydrogen-bond donors (Lipinski definition) is 3. The molecular weight excluding hydrogens is 840 g/mol. The molecule has 3 unspecified atom stereocenters. The van der Waals surface area contributed by atoms with Crippen molar-refractivity contribution < 1.29 is 32.9 Å². The third kappa shape index (κ3) is 50.6. The highest BCUT2D eigenvalue weighted by Gasteiger charge is 2.28. The minimum absolute atomic E-state index is 0.0730. The van der Waals surface area contributed by atoms with Gasteiger partial charge in [-0.2, -0.15) is 0 Å². The van der Waals surface area contributed by atoms with Gasteiger partial charge >= 0.3 is 7.82 Å². The summed E-state index contributed by atoms with van der Waals surface area (Å²) in [7, 11) is 1.62. The first-order valence-corrected chi connectivity index (χ1v) is 29.8. The molecule has 9 heteroatoms. The summed E-state index contributed by atoms with van der Waals surface area (Å²) in [6.07, 6.45) is 61.9. The Morgan fingerprint density at radius 3 is 1.26 bits per heavy atom. The lowest BCUT2D eigenvalue weighted by Crippen LogP contribution is -2.46. The largest absolute Gasteiger partial charge is 0.472 e. The molecule has 0 aliphatic rings. The fourth-order valence-corrected chi connectivity index (χ4v) is 9.14. The fraction of sp³-hybridized carbons (Fsp3) is 0.877. The van der Waals surface area contributed by atoms with E-state index in [9.17, 15) is 19.4 Å². The zero-order valence-corrected chi connectivity index (χ0v) is 45.3. The van der Waals surface area contributed by atoms with Gasteiger partial charge in [-0.05, 0) is 51.4 Å². The Morgan fingerprint density at radius 1 is 0.515 bits per heavy atom. The molecule has 0 aliphatic heterocycles. The Bertz CT molecular complexity index is 1170. The minimum atomic E-state index is -4.33. The average Bonchev–Trinajstić information content (AvgIpc) is 3.28. The van der Waals surface area contributed by atoms with Crippen molar-refractivity contribution in [1.82, 2.24) is 5.32 Å². The van der Waals surface area contributed by atoms with Crippen molar-refractivity contribution in [3.63, 3.8) is 0 Å². The van der Waals surface area contributed by atoms with Crippen LogP contribution in [0.3, 0.4) is 0 Å². The van der Waals surface area contributed by atoms with Crippen LogP contribution in [0.2, 0.25) is 0 Å². The van der Waals surface area contributed by atoms with E-state index in [0.29, 0.717) is 23.9 Å². The number of phosphoric ester groups is 1. The number of hydrogen-bond acceptors (Lipinski definition) is 5. The lowest BCUT2D eigenvalue weighted by Gasteiger charge is -2.26. The van der Waals surface area contributed by atoms with E-state index in [-0.39, 0.29) is 19.1 Å². The van der Waals surface area contributed by atoms with Gasteiger partial charge in [-0.25, -0.2) is 4.57 Å². The van der Waals surface area contributed by atoms with E-state index in [0.717, 1.165) is 57.8 Å². The molecule has 0 radical (unpaired) electrons. The zero-order valence-electron chi connectivity index (χ0n) is 44.4. The molecular formula is C57H112N2O6P+. The van der Waals surface area contributed by atoms with Crippen molar-refractivity contribution >= 4 is 13.7 Å². The predicted octanol–water partition coefficient (Wildman–Crippen LogP) is 17.0. The molecule has 0 saturated carbocycles. The average molecular weight is 953 g/mol. The monoisotopic (exact) mass is 952 g/mol. The van der Waals surface area contributed by atoms with E-state index in [4.69, 9.17) is 9.05 Å². The number of quaternary nitrogens is 1. The van der Waals surface area contributed by atoms with Crippen molar-refractivity contribution in [2.45, 2.75) is 283 Å². The first kappa shape index (κ1) is 64.7. The first-order valence-electron chi connectivity index (χ1n) is 28.4. The Balaban J connectivity index is 4.21. The second-order valence-corrected chi connectivity index (χ2v) is 22.1. The molecule has 0 fully saturated rings. The summed E-state index contributed by atoms with van der Waals surface area (Å²) in [6, 6.07) is -0.765. The molecule has 0 heterocycles. The molecule has 0 saturated heterocycles. The lowest BCUT2D eigenvalue weighted by atomic mass is 10.0. The number of unbranched alkanes of at least 4 members (excludes halogenated alkanes) is 33. The Kier molecular flexibility index (Phi) is 47.8. The molecule has 1 amide bonds. The van der Waals surface area contributed by atoms with Crippen LogP contribution in [0.1, 0.15) is 271 Å². The molecule has 390 valence electrons. The number of phosphoric acid groups is 1. The highest BCUT2D eigenvalue weighted by molar-refractivity contribution is 7.47. The third-order valence-electron chi connectivity index (χ3n) is 12.9. The van der Waals surface area contributed by atoms with Gasteiger partial charge < -0.3 is 19.8 Å². The molecule has 0 rings (SSSR count). The van der Waals surface area contributed by atoms with Crippen LogP contribution in [-0.4, -0.2) is 73.4 Å². The molecule has 3 N–H and O–H groups in total. The van der Waals surface area contributed by atoms with Crippen molar-refractivity contribution in [3.8, 4) is 0 Å². The van der Waals surface area contributed by atoms with Gasteiger partial charge in [0.25, 0.3) is 0 Å². The number of aliphatic hydroxyl groups excluding tert-OH is 1. The summed E-state index contributed by atoms with van der Waals surface area (Å²) >= 11 is 0. The molecule has 0 bridgehead atoms. The molecule has 0 aromatic heterocycles. The van der Waals surface area contributed by atoms with Gasteiger partial charge in [-0.3, -0.25) is 13.8 Å². The predicted molar refractivity (Wildman–Crippen MR) is 286 cm³/mol. The van der Waals surface area contributed by atoms with Crippen LogP contribution in [0.5, 0.6) is 0 Å². The molecule has 0 aromatic rings. The Hall–Kier alpha value is -1.28. The number of carbonyl (C=O) groups excluding carboxylic acids is 1. The minimum Gasteiger partial charge on any atom is -0.391 e. The number of carbonyl (C=O) groups is 1. The second-order valence-electron chi connectivity index (χ2n) is 20.7. The van der Waals surface area contributed by atoms with Gasteiger partial charge in [0.1, 0.15) is 13.2 Å². The van der Waals surface area contributed by atoms with Crippen LogP contribution >= 0.6 is 7.82 Å². The van der Waals surface area contributed by atoms with Gasteiger partial charge in [0.05, 0.1) is 39.9 Å². The second kappa shape index (κ2) is 48.7. The van der Waals surface area contributed by atoms with Crippen molar-refractivity contribution in [3.05, 3.63) is 36.5 Å². The maximum Gasteiger partial charge on any atom is 0.472 e. The van der Waals surface area contributed by atoms with Crippen LogP contribution in [0.15, 0.2) is 36.5 Å². The van der Waals surface area contributed by atoms with E-state index in [1.165, 1.54) is 186 Å². The van der Waals surface area contributed by atoms with E-state index in [2.05, 4.69) is 55.6 Å². The van der Waals surface area contributed by atoms with E-state index in [1.54, 1.807) is 0 Å². The topological polar surface area (TPSA) is 105 Å². The quantitative estimate of drug-likeness (QED) is 0.0243. The van der Waals surface area contributed by atoms with Gasteiger partial charge in [0.15, 0.2) is 0 Å². The van der Waals surface area contributed by atoms with Gasteiger partial charge in [-0.1, -0.05) is 249 Å². The fourth-order valence-electron chi connectivity index (χ4n) is 8.41. The van der Waals surface area contributed by atoms with Crippen LogP contribution in [0.25, 0.3) is 0 Å². The van der Waals surface area contributed by atoms with Gasteiger partial charge in [0.2, 0.25) is 5.91 Å². The molecule has 0 spiro atoms. The van der Waals surface area contributed by atoms with E-state index < -0.39 is 20.0 Å². The smallest absolute Gasteiger partial charge is 0.391 e. The summed E-state index contributed by atoms with van der Waals surface area (Å²) in [6.45, 7) is 4.90. The zero-order chi connectivity index (χ0) is 48.5. The highest BCUT2D eigenvalue weighted by Crippen LogP contribution is 2.43. The van der Waals surface area contributed by atoms with Crippen LogP contribution in [0.4, 0.5) is 0 Å². The van der Waals surface area contributed by atoms with Crippen LogP contribution in [-0.2, 0) is 18.4 Å². The number of likely N-dealkylation sites (N-methyl/N-ethyl adjacent to an activating group) is 1. The summed E-state index contributed by atoms with van der Waals surface area (Å²) in [5.41, 5.74) is 0. The summed E-state index contributed by atoms with van der Waals surface area (Å²) in [5, 5.41) is 14.1. The number of amides is 1.